The van der Waals surface area contributed by atoms with Gasteiger partial charge >= 0.3 is 12.0 Å². The molecular weight excluding hydrogens is 252 g/mol. The normalized spacial score (nSPS) is 10.9. The molecule has 0 radical (unpaired) electrons. The van der Waals surface area contributed by atoms with Crippen molar-refractivity contribution in [1.82, 2.24) is 15.2 Å². The molecule has 0 saturated heterocycles. The first kappa shape index (κ1) is 13.2. The molecule has 0 amide bonds. The van der Waals surface area contributed by atoms with Crippen molar-refractivity contribution in [3.63, 3.8) is 0 Å². The summed E-state index contributed by atoms with van der Waals surface area (Å²) < 4.78 is 34.0. The number of sulfonamides is 1. The van der Waals surface area contributed by atoms with E-state index in [0.717, 1.165) is 7.11 Å². The molecule has 0 bridgehead atoms. The van der Waals surface area contributed by atoms with Crippen molar-refractivity contribution in [3.05, 3.63) is 0 Å². The molecular formula is C7H12N4O5S. The number of esters is 1. The van der Waals surface area contributed by atoms with Gasteiger partial charge in [0.05, 0.1) is 13.7 Å². The van der Waals surface area contributed by atoms with Gasteiger partial charge in [-0.1, -0.05) is 0 Å². The average Bonchev–Trinajstić information content (AvgIpc) is 2.64. The highest BCUT2D eigenvalue weighted by atomic mass is 32.2. The van der Waals surface area contributed by atoms with E-state index in [1.807, 2.05) is 4.72 Å². The number of aromatic nitrogens is 3. The molecule has 0 aliphatic heterocycles. The molecule has 0 aromatic carbocycles. The van der Waals surface area contributed by atoms with Gasteiger partial charge in [-0.05, 0) is 6.92 Å². The smallest absolute Gasteiger partial charge is 0.337 e. The number of carbonyl (C=O) groups is 1. The fourth-order valence-electron chi connectivity index (χ4n) is 0.883. The van der Waals surface area contributed by atoms with E-state index in [-0.39, 0.29) is 12.0 Å². The van der Waals surface area contributed by atoms with Gasteiger partial charge < -0.3 is 9.47 Å². The summed E-state index contributed by atoms with van der Waals surface area (Å²) >= 11 is 0. The summed E-state index contributed by atoms with van der Waals surface area (Å²) in [6, 6.07) is 0.0169. The van der Waals surface area contributed by atoms with Gasteiger partial charge in [-0.15, -0.1) is 5.10 Å². The van der Waals surface area contributed by atoms with Crippen LogP contribution in [-0.4, -0.2) is 49.0 Å². The molecule has 0 saturated carbocycles. The van der Waals surface area contributed by atoms with E-state index in [0.29, 0.717) is 6.61 Å². The maximum absolute atomic E-state index is 11.4. The van der Waals surface area contributed by atoms with Gasteiger partial charge in [0.1, 0.15) is 0 Å². The first-order valence-corrected chi connectivity index (χ1v) is 6.24. The predicted octanol–water partition coefficient (Wildman–Crippen LogP) is -0.882. The van der Waals surface area contributed by atoms with Crippen LogP contribution in [0.3, 0.4) is 0 Å². The zero-order chi connectivity index (χ0) is 12.9. The average molecular weight is 264 g/mol. The first-order chi connectivity index (χ1) is 7.96. The van der Waals surface area contributed by atoms with Crippen molar-refractivity contribution in [1.29, 1.82) is 0 Å². The number of rotatable bonds is 6. The van der Waals surface area contributed by atoms with Crippen LogP contribution in [0.1, 0.15) is 6.92 Å². The van der Waals surface area contributed by atoms with Crippen molar-refractivity contribution in [2.75, 3.05) is 24.2 Å². The Morgan fingerprint density at radius 2 is 2.24 bits per heavy atom. The maximum atomic E-state index is 11.4. The Hall–Kier alpha value is -1.84. The van der Waals surface area contributed by atoms with Crippen LogP contribution in [0.25, 0.3) is 0 Å². The van der Waals surface area contributed by atoms with Crippen molar-refractivity contribution < 1.29 is 22.7 Å². The summed E-state index contributed by atoms with van der Waals surface area (Å²) in [6.45, 7) is 2.09. The lowest BCUT2D eigenvalue weighted by molar-refractivity contribution is -0.137. The molecule has 0 spiro atoms. The van der Waals surface area contributed by atoms with Gasteiger partial charge in [0, 0.05) is 0 Å². The third kappa shape index (κ3) is 4.26. The first-order valence-electron chi connectivity index (χ1n) is 4.59. The predicted molar refractivity (Wildman–Crippen MR) is 57.0 cm³/mol. The third-order valence-electron chi connectivity index (χ3n) is 1.53. The number of aromatic amines is 1. The Morgan fingerprint density at radius 3 is 2.82 bits per heavy atom. The number of anilines is 1. The molecule has 0 fully saturated rings. The molecule has 0 aliphatic carbocycles. The molecule has 0 atom stereocenters. The fourth-order valence-corrected chi connectivity index (χ4v) is 1.77. The van der Waals surface area contributed by atoms with E-state index in [4.69, 9.17) is 4.74 Å². The van der Waals surface area contributed by atoms with Crippen molar-refractivity contribution in [2.24, 2.45) is 0 Å². The highest BCUT2D eigenvalue weighted by molar-refractivity contribution is 7.93. The standard InChI is InChI=1S/C7H12N4O5S/c1-3-16-7-8-6(9-10-7)11-17(13,14)4-5(12)15-2/h3-4H2,1-2H3,(H2,8,9,10,11). The molecule has 0 unspecified atom stereocenters. The zero-order valence-corrected chi connectivity index (χ0v) is 10.1. The van der Waals surface area contributed by atoms with Gasteiger partial charge in [-0.3, -0.25) is 9.52 Å². The number of nitrogens with zero attached hydrogens (tertiary/aromatic N) is 2. The number of hydrogen-bond acceptors (Lipinski definition) is 7. The lowest BCUT2D eigenvalue weighted by Gasteiger charge is -2.02. The minimum Gasteiger partial charge on any atom is -0.468 e. The van der Waals surface area contributed by atoms with Crippen LogP contribution < -0.4 is 9.46 Å². The minimum atomic E-state index is -3.86. The van der Waals surface area contributed by atoms with E-state index < -0.39 is 21.7 Å². The third-order valence-corrected chi connectivity index (χ3v) is 2.65. The monoisotopic (exact) mass is 264 g/mol. The van der Waals surface area contributed by atoms with E-state index >= 15 is 0 Å². The van der Waals surface area contributed by atoms with Crippen molar-refractivity contribution >= 4 is 21.9 Å². The Balaban J connectivity index is 2.66. The summed E-state index contributed by atoms with van der Waals surface area (Å²) in [5.74, 6) is -1.80. The molecule has 10 heteroatoms. The number of hydrogen-bond donors (Lipinski definition) is 2. The second-order valence-electron chi connectivity index (χ2n) is 2.84. The van der Waals surface area contributed by atoms with E-state index in [1.54, 1.807) is 6.92 Å². The lowest BCUT2D eigenvalue weighted by atomic mass is 10.8. The zero-order valence-electron chi connectivity index (χ0n) is 9.26. The Morgan fingerprint density at radius 1 is 1.53 bits per heavy atom. The summed E-state index contributed by atoms with van der Waals surface area (Å²) in [5, 5.41) is 5.90. The van der Waals surface area contributed by atoms with Crippen LogP contribution in [0.5, 0.6) is 6.01 Å². The van der Waals surface area contributed by atoms with E-state index in [1.165, 1.54) is 0 Å². The van der Waals surface area contributed by atoms with E-state index in [9.17, 15) is 13.2 Å². The molecule has 96 valence electrons. The molecule has 2 N–H and O–H groups in total. The molecule has 1 rings (SSSR count). The second-order valence-corrected chi connectivity index (χ2v) is 4.56. The van der Waals surface area contributed by atoms with Crippen LogP contribution >= 0.6 is 0 Å². The summed E-state index contributed by atoms with van der Waals surface area (Å²) in [7, 11) is -2.76. The second kappa shape index (κ2) is 5.48. The van der Waals surface area contributed by atoms with Crippen LogP contribution in [0, 0.1) is 0 Å². The van der Waals surface area contributed by atoms with Crippen molar-refractivity contribution in [3.8, 4) is 6.01 Å². The lowest BCUT2D eigenvalue weighted by Crippen LogP contribution is -2.24. The number of nitrogens with one attached hydrogen (secondary N) is 2. The molecule has 0 aliphatic rings. The van der Waals surface area contributed by atoms with Gasteiger partial charge in [0.2, 0.25) is 16.0 Å². The molecule has 9 nitrogen and oxygen atoms in total. The number of carbonyl (C=O) groups excluding carboxylic acids is 1. The SMILES string of the molecule is CCOc1n[nH]c(NS(=O)(=O)CC(=O)OC)n1. The van der Waals surface area contributed by atoms with Gasteiger partial charge in [0.25, 0.3) is 0 Å². The highest BCUT2D eigenvalue weighted by Crippen LogP contribution is 2.07. The maximum Gasteiger partial charge on any atom is 0.337 e. The van der Waals surface area contributed by atoms with Crippen LogP contribution in [0.4, 0.5) is 5.95 Å². The molecule has 17 heavy (non-hydrogen) atoms. The topological polar surface area (TPSA) is 123 Å². The Labute approximate surface area is 97.6 Å². The van der Waals surface area contributed by atoms with Crippen LogP contribution in [0.2, 0.25) is 0 Å². The Kier molecular flexibility index (Phi) is 4.26. The van der Waals surface area contributed by atoms with E-state index in [2.05, 4.69) is 19.9 Å². The van der Waals surface area contributed by atoms with Gasteiger partial charge in [-0.2, -0.15) is 4.98 Å². The molecule has 1 aromatic heterocycles. The van der Waals surface area contributed by atoms with Crippen molar-refractivity contribution in [2.45, 2.75) is 6.92 Å². The fraction of sp³-hybridized carbons (Fsp3) is 0.571. The highest BCUT2D eigenvalue weighted by Gasteiger charge is 2.18. The largest absolute Gasteiger partial charge is 0.468 e. The quantitative estimate of drug-likeness (QED) is 0.639. The number of H-pyrrole nitrogens is 1. The van der Waals surface area contributed by atoms with Gasteiger partial charge in [-0.25, -0.2) is 13.5 Å². The molecule has 1 heterocycles. The minimum absolute atomic E-state index is 0.0169. The number of ether oxygens (including phenoxy) is 2. The summed E-state index contributed by atoms with van der Waals surface area (Å²) in [4.78, 5) is 14.5. The van der Waals surface area contributed by atoms with Gasteiger partial charge in [0.15, 0.2) is 5.75 Å². The summed E-state index contributed by atoms with van der Waals surface area (Å²) in [5.41, 5.74) is 0. The Bertz CT molecular complexity index is 482. The molecule has 1 aromatic rings. The number of methoxy groups -OCH3 is 1. The van der Waals surface area contributed by atoms with Crippen LogP contribution in [-0.2, 0) is 19.6 Å². The van der Waals surface area contributed by atoms with Crippen LogP contribution in [0.15, 0.2) is 0 Å². The summed E-state index contributed by atoms with van der Waals surface area (Å²) in [6.07, 6.45) is 0.